The first-order valence-corrected chi connectivity index (χ1v) is 11.0. The van der Waals surface area contributed by atoms with Crippen LogP contribution >= 0.6 is 23.1 Å². The minimum Gasteiger partial charge on any atom is -0.465 e. The summed E-state index contributed by atoms with van der Waals surface area (Å²) in [5.41, 5.74) is 1.51. The SMILES string of the molecule is COC(=O)c1c(NC(=O)CSc2nnc(-c3ccco3)o2)sc2c1CCCCC2. The summed E-state index contributed by atoms with van der Waals surface area (Å²) in [5, 5.41) is 11.5. The van der Waals surface area contributed by atoms with Gasteiger partial charge in [-0.15, -0.1) is 21.5 Å². The lowest BCUT2D eigenvalue weighted by Crippen LogP contribution is -2.16. The minimum absolute atomic E-state index is 0.0724. The number of fused-ring (bicyclic) bond motifs is 1. The van der Waals surface area contributed by atoms with Gasteiger partial charge in [-0.3, -0.25) is 4.79 Å². The summed E-state index contributed by atoms with van der Waals surface area (Å²) in [4.78, 5) is 26.0. The number of aromatic nitrogens is 2. The van der Waals surface area contributed by atoms with Crippen LogP contribution in [0.3, 0.4) is 0 Å². The molecule has 152 valence electrons. The van der Waals surface area contributed by atoms with Crippen LogP contribution in [-0.2, 0) is 22.4 Å². The van der Waals surface area contributed by atoms with Crippen LogP contribution in [0.25, 0.3) is 11.7 Å². The molecule has 0 fully saturated rings. The van der Waals surface area contributed by atoms with Gasteiger partial charge in [-0.2, -0.15) is 0 Å². The molecular weight excluding hydrogens is 414 g/mol. The molecule has 0 aliphatic heterocycles. The number of amides is 1. The number of hydrogen-bond donors (Lipinski definition) is 1. The number of furan rings is 1. The number of methoxy groups -OCH3 is 1. The smallest absolute Gasteiger partial charge is 0.341 e. The van der Waals surface area contributed by atoms with Gasteiger partial charge in [-0.05, 0) is 43.4 Å². The highest BCUT2D eigenvalue weighted by Crippen LogP contribution is 2.38. The average Bonchev–Trinajstić information content (AvgIpc) is 3.44. The number of carbonyl (C=O) groups excluding carboxylic acids is 2. The number of thioether (sulfide) groups is 1. The van der Waals surface area contributed by atoms with Crippen molar-refractivity contribution in [3.63, 3.8) is 0 Å². The zero-order valence-corrected chi connectivity index (χ0v) is 17.4. The number of rotatable bonds is 6. The zero-order chi connectivity index (χ0) is 20.2. The third-order valence-corrected chi connectivity index (χ3v) is 6.55. The Bertz CT molecular complexity index is 1010. The number of esters is 1. The molecule has 4 rings (SSSR count). The van der Waals surface area contributed by atoms with E-state index in [4.69, 9.17) is 13.6 Å². The van der Waals surface area contributed by atoms with Gasteiger partial charge in [0.05, 0.1) is 24.7 Å². The second-order valence-electron chi connectivity index (χ2n) is 6.45. The lowest BCUT2D eigenvalue weighted by atomic mass is 10.1. The highest BCUT2D eigenvalue weighted by atomic mass is 32.2. The molecule has 1 amide bonds. The van der Waals surface area contributed by atoms with Gasteiger partial charge in [0.2, 0.25) is 5.91 Å². The summed E-state index contributed by atoms with van der Waals surface area (Å²) in [5.74, 6) is 0.134. The molecule has 29 heavy (non-hydrogen) atoms. The number of aryl methyl sites for hydroxylation is 1. The first-order valence-electron chi connectivity index (χ1n) is 9.18. The second-order valence-corrected chi connectivity index (χ2v) is 8.48. The van der Waals surface area contributed by atoms with Crippen LogP contribution in [0.2, 0.25) is 0 Å². The molecule has 0 spiro atoms. The molecule has 10 heteroatoms. The molecule has 3 aromatic heterocycles. The predicted molar refractivity (Wildman–Crippen MR) is 108 cm³/mol. The largest absolute Gasteiger partial charge is 0.465 e. The highest BCUT2D eigenvalue weighted by molar-refractivity contribution is 7.99. The maximum Gasteiger partial charge on any atom is 0.341 e. The Hall–Kier alpha value is -2.59. The summed E-state index contributed by atoms with van der Waals surface area (Å²) in [6, 6.07) is 3.44. The Kier molecular flexibility index (Phi) is 6.00. The van der Waals surface area contributed by atoms with Crippen molar-refractivity contribution in [2.45, 2.75) is 37.3 Å². The molecule has 3 heterocycles. The van der Waals surface area contributed by atoms with E-state index in [1.54, 1.807) is 12.1 Å². The van der Waals surface area contributed by atoms with Crippen molar-refractivity contribution in [3.8, 4) is 11.7 Å². The highest BCUT2D eigenvalue weighted by Gasteiger charge is 2.26. The Morgan fingerprint density at radius 2 is 2.14 bits per heavy atom. The number of ether oxygens (including phenoxy) is 1. The molecule has 1 aliphatic carbocycles. The van der Waals surface area contributed by atoms with Crippen molar-refractivity contribution >= 4 is 40.0 Å². The van der Waals surface area contributed by atoms with E-state index in [-0.39, 0.29) is 22.8 Å². The van der Waals surface area contributed by atoms with Crippen LogP contribution in [-0.4, -0.2) is 34.9 Å². The fourth-order valence-corrected chi connectivity index (χ4v) is 5.06. The molecule has 0 unspecified atom stereocenters. The van der Waals surface area contributed by atoms with Crippen molar-refractivity contribution in [3.05, 3.63) is 34.4 Å². The molecule has 0 saturated heterocycles. The van der Waals surface area contributed by atoms with Crippen LogP contribution in [0.4, 0.5) is 5.00 Å². The zero-order valence-electron chi connectivity index (χ0n) is 15.7. The Balaban J connectivity index is 1.44. The molecule has 0 aromatic carbocycles. The first-order chi connectivity index (χ1) is 14.2. The van der Waals surface area contributed by atoms with Crippen LogP contribution < -0.4 is 5.32 Å². The number of nitrogens with zero attached hydrogens (tertiary/aromatic N) is 2. The molecule has 0 saturated carbocycles. The van der Waals surface area contributed by atoms with Crippen LogP contribution in [0, 0.1) is 0 Å². The van der Waals surface area contributed by atoms with Crippen LogP contribution in [0.5, 0.6) is 0 Å². The lowest BCUT2D eigenvalue weighted by Gasteiger charge is -2.07. The second kappa shape index (κ2) is 8.83. The Morgan fingerprint density at radius 1 is 1.28 bits per heavy atom. The lowest BCUT2D eigenvalue weighted by molar-refractivity contribution is -0.113. The fraction of sp³-hybridized carbons (Fsp3) is 0.368. The maximum atomic E-state index is 12.5. The summed E-state index contributed by atoms with van der Waals surface area (Å²) in [6.07, 6.45) is 6.54. The quantitative estimate of drug-likeness (QED) is 0.350. The number of anilines is 1. The van der Waals surface area contributed by atoms with Crippen molar-refractivity contribution in [2.75, 3.05) is 18.2 Å². The maximum absolute atomic E-state index is 12.5. The molecule has 0 atom stereocenters. The Labute approximate surface area is 175 Å². The van der Waals surface area contributed by atoms with E-state index in [1.807, 2.05) is 0 Å². The van der Waals surface area contributed by atoms with Gasteiger partial charge in [0.15, 0.2) is 5.76 Å². The van der Waals surface area contributed by atoms with E-state index in [9.17, 15) is 9.59 Å². The molecule has 0 bridgehead atoms. The van der Waals surface area contributed by atoms with Gasteiger partial charge in [0.1, 0.15) is 5.00 Å². The molecule has 8 nitrogen and oxygen atoms in total. The third kappa shape index (κ3) is 4.38. The van der Waals surface area contributed by atoms with E-state index in [0.29, 0.717) is 16.3 Å². The van der Waals surface area contributed by atoms with Gasteiger partial charge in [-0.25, -0.2) is 4.79 Å². The van der Waals surface area contributed by atoms with E-state index < -0.39 is 5.97 Å². The average molecular weight is 434 g/mol. The van der Waals surface area contributed by atoms with Gasteiger partial charge in [0, 0.05) is 4.88 Å². The van der Waals surface area contributed by atoms with Crippen molar-refractivity contribution in [2.24, 2.45) is 0 Å². The molecule has 1 N–H and O–H groups in total. The molecule has 1 aliphatic rings. The summed E-state index contributed by atoms with van der Waals surface area (Å²) in [6.45, 7) is 0. The predicted octanol–water partition coefficient (Wildman–Crippen LogP) is 4.18. The summed E-state index contributed by atoms with van der Waals surface area (Å²) >= 11 is 2.58. The number of nitrogens with one attached hydrogen (secondary N) is 1. The normalized spacial score (nSPS) is 13.6. The van der Waals surface area contributed by atoms with Gasteiger partial charge >= 0.3 is 5.97 Å². The number of carbonyl (C=O) groups is 2. The van der Waals surface area contributed by atoms with E-state index in [0.717, 1.165) is 54.3 Å². The van der Waals surface area contributed by atoms with E-state index in [1.165, 1.54) is 24.7 Å². The van der Waals surface area contributed by atoms with E-state index in [2.05, 4.69) is 15.5 Å². The van der Waals surface area contributed by atoms with Crippen LogP contribution in [0.15, 0.2) is 32.5 Å². The van der Waals surface area contributed by atoms with Crippen LogP contribution in [0.1, 0.15) is 40.1 Å². The van der Waals surface area contributed by atoms with E-state index >= 15 is 0 Å². The minimum atomic E-state index is -0.410. The standard InChI is InChI=1S/C19H19N3O5S2/c1-25-18(24)15-11-6-3-2-4-8-13(11)29-17(15)20-14(23)10-28-19-22-21-16(27-19)12-7-5-9-26-12/h5,7,9H,2-4,6,8,10H2,1H3,(H,20,23). The topological polar surface area (TPSA) is 107 Å². The molecule has 3 aromatic rings. The first kappa shape index (κ1) is 19.7. The fourth-order valence-electron chi connectivity index (χ4n) is 3.21. The van der Waals surface area contributed by atoms with Gasteiger partial charge in [0.25, 0.3) is 11.1 Å². The monoisotopic (exact) mass is 433 g/mol. The number of thiophene rings is 1. The molecular formula is C19H19N3O5S2. The van der Waals surface area contributed by atoms with Gasteiger partial charge < -0.3 is 18.9 Å². The molecule has 0 radical (unpaired) electrons. The van der Waals surface area contributed by atoms with Crippen molar-refractivity contribution in [1.82, 2.24) is 10.2 Å². The van der Waals surface area contributed by atoms with Gasteiger partial charge in [-0.1, -0.05) is 18.2 Å². The van der Waals surface area contributed by atoms with Crippen molar-refractivity contribution in [1.29, 1.82) is 0 Å². The number of hydrogen-bond acceptors (Lipinski definition) is 9. The summed E-state index contributed by atoms with van der Waals surface area (Å²) < 4.78 is 15.6. The van der Waals surface area contributed by atoms with Crippen molar-refractivity contribution < 1.29 is 23.2 Å². The Morgan fingerprint density at radius 3 is 2.93 bits per heavy atom. The summed E-state index contributed by atoms with van der Waals surface area (Å²) in [7, 11) is 1.36. The third-order valence-electron chi connectivity index (χ3n) is 4.53.